The van der Waals surface area contributed by atoms with E-state index in [1.165, 1.54) is 4.31 Å². The van der Waals surface area contributed by atoms with Gasteiger partial charge in [-0.2, -0.15) is 18.4 Å². The van der Waals surface area contributed by atoms with Gasteiger partial charge in [-0.15, -0.1) is 0 Å². The molecule has 0 saturated carbocycles. The van der Waals surface area contributed by atoms with Crippen LogP contribution in [-0.4, -0.2) is 39.0 Å². The van der Waals surface area contributed by atoms with Crippen LogP contribution in [0.3, 0.4) is 0 Å². The number of fused-ring (bicyclic) bond motifs is 1. The molecule has 134 valence electrons. The van der Waals surface area contributed by atoms with Crippen LogP contribution in [0, 0.1) is 11.5 Å². The Labute approximate surface area is 153 Å². The number of hydrogen-bond donors (Lipinski definition) is 1. The minimum atomic E-state index is -3.62. The summed E-state index contributed by atoms with van der Waals surface area (Å²) in [6, 6.07) is 15.8. The first-order valence-corrected chi connectivity index (χ1v) is 10.1. The summed E-state index contributed by atoms with van der Waals surface area (Å²) in [7, 11) is -3.62. The predicted molar refractivity (Wildman–Crippen MR) is 101 cm³/mol. The average Bonchev–Trinajstić information content (AvgIpc) is 3.28. The van der Waals surface area contributed by atoms with Crippen molar-refractivity contribution in [3.8, 4) is 17.3 Å². The quantitative estimate of drug-likeness (QED) is 0.839. The molecule has 1 saturated heterocycles. The highest BCUT2D eigenvalue weighted by molar-refractivity contribution is 7.90. The molecule has 4 rings (SSSR count). The molecule has 0 aromatic heterocycles. The molecule has 0 spiro atoms. The van der Waals surface area contributed by atoms with E-state index in [0.717, 1.165) is 22.4 Å². The largest absolute Gasteiger partial charge is 0.309 e. The normalized spacial score (nSPS) is 19.4. The minimum absolute atomic E-state index is 0.215. The number of likely N-dealkylation sites (tertiary alicyclic amines) is 1. The van der Waals surface area contributed by atoms with Crippen LogP contribution < -0.4 is 9.03 Å². The summed E-state index contributed by atoms with van der Waals surface area (Å²) in [5.41, 5.74) is 4.00. The van der Waals surface area contributed by atoms with Crippen molar-refractivity contribution in [1.29, 1.82) is 5.26 Å². The Bertz CT molecular complexity index is 953. The monoisotopic (exact) mass is 368 g/mol. The number of hydrogen-bond acceptors (Lipinski definition) is 4. The Balaban J connectivity index is 1.55. The van der Waals surface area contributed by atoms with Crippen molar-refractivity contribution in [1.82, 2.24) is 9.62 Å². The first kappa shape index (κ1) is 16.9. The summed E-state index contributed by atoms with van der Waals surface area (Å²) in [5.74, 6) is 0. The van der Waals surface area contributed by atoms with E-state index in [9.17, 15) is 8.42 Å². The van der Waals surface area contributed by atoms with Gasteiger partial charge in [-0.3, -0.25) is 4.31 Å². The second-order valence-electron chi connectivity index (χ2n) is 6.69. The maximum absolute atomic E-state index is 12.8. The van der Waals surface area contributed by atoms with E-state index in [1.807, 2.05) is 42.5 Å². The van der Waals surface area contributed by atoms with E-state index >= 15 is 0 Å². The lowest BCUT2D eigenvalue weighted by molar-refractivity contribution is 0.470. The Hall–Kier alpha value is -2.56. The summed E-state index contributed by atoms with van der Waals surface area (Å²) in [5, 5.41) is 8.93. The number of nitriles is 1. The number of nitrogens with one attached hydrogen (secondary N) is 1. The molecule has 0 amide bonds. The van der Waals surface area contributed by atoms with Gasteiger partial charge in [0, 0.05) is 25.7 Å². The van der Waals surface area contributed by atoms with Gasteiger partial charge >= 0.3 is 10.2 Å². The number of anilines is 1. The molecule has 0 unspecified atom stereocenters. The molecule has 1 fully saturated rings. The topological polar surface area (TPSA) is 76.4 Å². The third-order valence-corrected chi connectivity index (χ3v) is 6.57. The van der Waals surface area contributed by atoms with Gasteiger partial charge < -0.3 is 4.90 Å². The fourth-order valence-electron chi connectivity index (χ4n) is 3.65. The Kier molecular flexibility index (Phi) is 4.31. The first-order chi connectivity index (χ1) is 12.6. The third-order valence-electron chi connectivity index (χ3n) is 4.97. The van der Waals surface area contributed by atoms with Gasteiger partial charge in [0.25, 0.3) is 0 Å². The zero-order chi connectivity index (χ0) is 18.1. The smallest absolute Gasteiger partial charge is 0.301 e. The zero-order valence-electron chi connectivity index (χ0n) is 14.3. The lowest BCUT2D eigenvalue weighted by Crippen LogP contribution is -2.45. The highest BCUT2D eigenvalue weighted by atomic mass is 32.2. The highest BCUT2D eigenvalue weighted by Gasteiger charge is 2.33. The van der Waals surface area contributed by atoms with Crippen molar-refractivity contribution in [3.63, 3.8) is 0 Å². The van der Waals surface area contributed by atoms with E-state index in [2.05, 4.69) is 17.0 Å². The fraction of sp³-hybridized carbons (Fsp3) is 0.316. The molecule has 2 aromatic rings. The molecular formula is C19H20N4O2S. The van der Waals surface area contributed by atoms with E-state index in [4.69, 9.17) is 5.26 Å². The maximum atomic E-state index is 12.8. The van der Waals surface area contributed by atoms with Crippen LogP contribution in [-0.2, 0) is 16.6 Å². The van der Waals surface area contributed by atoms with Crippen LogP contribution in [0.15, 0.2) is 48.5 Å². The van der Waals surface area contributed by atoms with E-state index in [-0.39, 0.29) is 6.04 Å². The average molecular weight is 368 g/mol. The van der Waals surface area contributed by atoms with Gasteiger partial charge in [-0.1, -0.05) is 36.4 Å². The summed E-state index contributed by atoms with van der Waals surface area (Å²) >= 11 is 0. The minimum Gasteiger partial charge on any atom is -0.309 e. The van der Waals surface area contributed by atoms with Crippen molar-refractivity contribution in [2.75, 3.05) is 23.9 Å². The lowest BCUT2D eigenvalue weighted by atomic mass is 10.0. The van der Waals surface area contributed by atoms with Crippen LogP contribution in [0.25, 0.3) is 11.1 Å². The van der Waals surface area contributed by atoms with Crippen LogP contribution in [0.5, 0.6) is 0 Å². The molecule has 1 atom stereocenters. The first-order valence-electron chi connectivity index (χ1n) is 8.70. The number of nitrogens with zero attached hydrogens (tertiary/aromatic N) is 3. The third kappa shape index (κ3) is 3.14. The van der Waals surface area contributed by atoms with Crippen molar-refractivity contribution in [3.05, 3.63) is 54.1 Å². The Morgan fingerprint density at radius 1 is 1.08 bits per heavy atom. The second kappa shape index (κ2) is 6.63. The van der Waals surface area contributed by atoms with Crippen molar-refractivity contribution in [2.45, 2.75) is 18.9 Å². The molecule has 0 radical (unpaired) electrons. The van der Waals surface area contributed by atoms with Gasteiger partial charge in [0.1, 0.15) is 0 Å². The van der Waals surface area contributed by atoms with Gasteiger partial charge in [-0.05, 0) is 41.7 Å². The maximum Gasteiger partial charge on any atom is 0.301 e. The molecule has 0 bridgehead atoms. The van der Waals surface area contributed by atoms with Gasteiger partial charge in [-0.25, -0.2) is 0 Å². The summed E-state index contributed by atoms with van der Waals surface area (Å²) < 4.78 is 29.8. The molecule has 26 heavy (non-hydrogen) atoms. The van der Waals surface area contributed by atoms with Crippen LogP contribution in [0.4, 0.5) is 5.69 Å². The summed E-state index contributed by atoms with van der Waals surface area (Å²) in [4.78, 5) is 1.58. The highest BCUT2D eigenvalue weighted by Crippen LogP contribution is 2.33. The van der Waals surface area contributed by atoms with Crippen molar-refractivity contribution >= 4 is 15.9 Å². The van der Waals surface area contributed by atoms with E-state index in [0.29, 0.717) is 32.5 Å². The van der Waals surface area contributed by atoms with Gasteiger partial charge in [0.15, 0.2) is 6.19 Å². The van der Waals surface area contributed by atoms with E-state index < -0.39 is 10.2 Å². The molecule has 0 aliphatic carbocycles. The Morgan fingerprint density at radius 3 is 2.62 bits per heavy atom. The van der Waals surface area contributed by atoms with Crippen molar-refractivity contribution < 1.29 is 8.42 Å². The van der Waals surface area contributed by atoms with Gasteiger partial charge in [0.05, 0.1) is 5.69 Å². The molecule has 1 N–H and O–H groups in total. The van der Waals surface area contributed by atoms with Crippen molar-refractivity contribution in [2.24, 2.45) is 0 Å². The van der Waals surface area contributed by atoms with Crippen LogP contribution in [0.2, 0.25) is 0 Å². The lowest BCUT2D eigenvalue weighted by Gasteiger charge is -2.22. The molecule has 7 heteroatoms. The predicted octanol–water partition coefficient (Wildman–Crippen LogP) is 2.11. The van der Waals surface area contributed by atoms with Gasteiger partial charge in [0.2, 0.25) is 0 Å². The Morgan fingerprint density at radius 2 is 1.88 bits per heavy atom. The molecule has 2 aromatic carbocycles. The fourth-order valence-corrected chi connectivity index (χ4v) is 5.16. The molecular weight excluding hydrogens is 348 g/mol. The standard InChI is InChI=1S/C19H20N4O2S/c20-14-22-10-9-18(13-22)21-26(24,25)23-11-8-17-12-16(6-7-19(17)23)15-4-2-1-3-5-15/h1-7,12,18,21H,8-11,13H2/t18-/m1/s1. The summed E-state index contributed by atoms with van der Waals surface area (Å²) in [6.07, 6.45) is 3.43. The molecule has 2 heterocycles. The number of rotatable bonds is 4. The molecule has 6 nitrogen and oxygen atoms in total. The second-order valence-corrected chi connectivity index (χ2v) is 8.31. The number of benzene rings is 2. The van der Waals surface area contributed by atoms with E-state index in [1.54, 1.807) is 4.90 Å². The summed E-state index contributed by atoms with van der Waals surface area (Å²) in [6.45, 7) is 1.47. The SMILES string of the molecule is N#CN1CC[C@@H](NS(=O)(=O)N2CCc3cc(-c4ccccc4)ccc32)C1. The zero-order valence-corrected chi connectivity index (χ0v) is 15.1. The molecule has 2 aliphatic heterocycles. The van der Waals surface area contributed by atoms with Crippen LogP contribution in [0.1, 0.15) is 12.0 Å². The molecule has 2 aliphatic rings. The van der Waals surface area contributed by atoms with Crippen LogP contribution >= 0.6 is 0 Å².